The van der Waals surface area contributed by atoms with Crippen molar-refractivity contribution in [3.8, 4) is 27.7 Å². The molecule has 0 unspecified atom stereocenters. The van der Waals surface area contributed by atoms with Crippen LogP contribution in [0.1, 0.15) is 10.6 Å². The van der Waals surface area contributed by atoms with E-state index in [-0.39, 0.29) is 5.82 Å². The summed E-state index contributed by atoms with van der Waals surface area (Å²) in [6.45, 7) is 1.46. The molecule has 28 heavy (non-hydrogen) atoms. The molecular weight excluding hydrogens is 379 g/mol. The molecule has 0 radical (unpaired) electrons. The number of aromatic nitrogens is 1. The van der Waals surface area contributed by atoms with Crippen molar-refractivity contribution in [2.45, 2.75) is 13.0 Å². The van der Waals surface area contributed by atoms with E-state index in [2.05, 4.69) is 10.3 Å². The third-order valence-electron chi connectivity index (χ3n) is 4.30. The minimum Gasteiger partial charge on any atom is -0.493 e. The van der Waals surface area contributed by atoms with Crippen LogP contribution in [-0.2, 0) is 13.0 Å². The standard InChI is InChI=1S/C21H23FN2O3S/c1-25-17-9-8-16(20(26-2)21(17)27-3)18-12-24-19(28-18)13-23-11-10-14-4-6-15(22)7-5-14/h4-9,12,23H,10-11,13H2,1-3H3. The maximum absolute atomic E-state index is 12.9. The maximum atomic E-state index is 12.9. The topological polar surface area (TPSA) is 52.6 Å². The van der Waals surface area contributed by atoms with Crippen molar-refractivity contribution in [1.82, 2.24) is 10.3 Å². The highest BCUT2D eigenvalue weighted by Gasteiger charge is 2.18. The van der Waals surface area contributed by atoms with E-state index in [1.807, 2.05) is 30.5 Å². The number of hydrogen-bond donors (Lipinski definition) is 1. The molecule has 7 heteroatoms. The van der Waals surface area contributed by atoms with Crippen molar-refractivity contribution in [2.24, 2.45) is 0 Å². The summed E-state index contributed by atoms with van der Waals surface area (Å²) < 4.78 is 29.3. The van der Waals surface area contributed by atoms with Gasteiger partial charge in [0, 0.05) is 18.3 Å². The van der Waals surface area contributed by atoms with Crippen LogP contribution in [0.3, 0.4) is 0 Å². The summed E-state index contributed by atoms with van der Waals surface area (Å²) in [6.07, 6.45) is 2.67. The number of methoxy groups -OCH3 is 3. The van der Waals surface area contributed by atoms with E-state index >= 15 is 0 Å². The van der Waals surface area contributed by atoms with E-state index in [1.165, 1.54) is 12.1 Å². The normalized spacial score (nSPS) is 10.7. The summed E-state index contributed by atoms with van der Waals surface area (Å²) in [5.41, 5.74) is 2.01. The van der Waals surface area contributed by atoms with E-state index in [4.69, 9.17) is 14.2 Å². The molecule has 148 valence electrons. The summed E-state index contributed by atoms with van der Waals surface area (Å²) in [6, 6.07) is 10.4. The summed E-state index contributed by atoms with van der Waals surface area (Å²) in [4.78, 5) is 5.49. The van der Waals surface area contributed by atoms with Gasteiger partial charge in [0.15, 0.2) is 11.5 Å². The average Bonchev–Trinajstić information content (AvgIpc) is 3.19. The maximum Gasteiger partial charge on any atom is 0.203 e. The van der Waals surface area contributed by atoms with Gasteiger partial charge in [-0.05, 0) is 42.8 Å². The number of thiazole rings is 1. The molecule has 0 aliphatic rings. The van der Waals surface area contributed by atoms with Crippen LogP contribution in [0.15, 0.2) is 42.6 Å². The number of rotatable bonds is 9. The van der Waals surface area contributed by atoms with Gasteiger partial charge in [-0.1, -0.05) is 12.1 Å². The predicted octanol–water partition coefficient (Wildman–Crippen LogP) is 4.31. The van der Waals surface area contributed by atoms with Crippen molar-refractivity contribution in [2.75, 3.05) is 27.9 Å². The number of hydrogen-bond acceptors (Lipinski definition) is 6. The van der Waals surface area contributed by atoms with Crippen molar-refractivity contribution >= 4 is 11.3 Å². The quantitative estimate of drug-likeness (QED) is 0.541. The van der Waals surface area contributed by atoms with Crippen LogP contribution in [0.5, 0.6) is 17.2 Å². The van der Waals surface area contributed by atoms with Crippen LogP contribution in [0.25, 0.3) is 10.4 Å². The molecule has 1 aromatic heterocycles. The van der Waals surface area contributed by atoms with Gasteiger partial charge in [0.25, 0.3) is 0 Å². The second-order valence-corrected chi connectivity index (χ2v) is 7.17. The molecule has 1 N–H and O–H groups in total. The Labute approximate surface area is 168 Å². The highest BCUT2D eigenvalue weighted by molar-refractivity contribution is 7.15. The van der Waals surface area contributed by atoms with Gasteiger partial charge in [0.1, 0.15) is 10.8 Å². The summed E-state index contributed by atoms with van der Waals surface area (Å²) in [7, 11) is 4.80. The summed E-state index contributed by atoms with van der Waals surface area (Å²) in [5, 5.41) is 4.35. The molecule has 0 amide bonds. The van der Waals surface area contributed by atoms with Crippen LogP contribution in [0.2, 0.25) is 0 Å². The largest absolute Gasteiger partial charge is 0.493 e. The molecule has 0 saturated carbocycles. The van der Waals surface area contributed by atoms with Gasteiger partial charge in [-0.15, -0.1) is 11.3 Å². The Bertz CT molecular complexity index is 913. The smallest absolute Gasteiger partial charge is 0.203 e. The molecule has 3 rings (SSSR count). The van der Waals surface area contributed by atoms with Gasteiger partial charge in [-0.2, -0.15) is 0 Å². The number of nitrogens with one attached hydrogen (secondary N) is 1. The number of nitrogens with zero attached hydrogens (tertiary/aromatic N) is 1. The summed E-state index contributed by atoms with van der Waals surface area (Å²) in [5.74, 6) is 1.60. The molecule has 0 saturated heterocycles. The van der Waals surface area contributed by atoms with Gasteiger partial charge in [-0.25, -0.2) is 9.37 Å². The monoisotopic (exact) mass is 402 g/mol. The van der Waals surface area contributed by atoms with Crippen LogP contribution in [-0.4, -0.2) is 32.9 Å². The molecule has 5 nitrogen and oxygen atoms in total. The third kappa shape index (κ3) is 4.61. The second-order valence-electron chi connectivity index (χ2n) is 6.05. The first-order valence-corrected chi connectivity index (χ1v) is 9.67. The Morgan fingerprint density at radius 1 is 0.964 bits per heavy atom. The molecule has 3 aromatic rings. The van der Waals surface area contributed by atoms with Crippen molar-refractivity contribution < 1.29 is 18.6 Å². The number of halogens is 1. The van der Waals surface area contributed by atoms with E-state index < -0.39 is 0 Å². The highest BCUT2D eigenvalue weighted by Crippen LogP contribution is 2.45. The first-order chi connectivity index (χ1) is 13.7. The molecule has 0 atom stereocenters. The second kappa shape index (κ2) is 9.52. The Balaban J connectivity index is 1.64. The van der Waals surface area contributed by atoms with Gasteiger partial charge in [0.2, 0.25) is 5.75 Å². The fourth-order valence-electron chi connectivity index (χ4n) is 2.89. The lowest BCUT2D eigenvalue weighted by atomic mass is 10.1. The first kappa shape index (κ1) is 20.1. The highest BCUT2D eigenvalue weighted by atomic mass is 32.1. The van der Waals surface area contributed by atoms with Crippen LogP contribution in [0, 0.1) is 5.82 Å². The van der Waals surface area contributed by atoms with Crippen molar-refractivity contribution in [3.05, 3.63) is 59.0 Å². The van der Waals surface area contributed by atoms with Crippen LogP contribution < -0.4 is 19.5 Å². The fourth-order valence-corrected chi connectivity index (χ4v) is 3.80. The Morgan fingerprint density at radius 2 is 1.71 bits per heavy atom. The van der Waals surface area contributed by atoms with Gasteiger partial charge in [0.05, 0.1) is 26.2 Å². The van der Waals surface area contributed by atoms with E-state index in [9.17, 15) is 4.39 Å². The van der Waals surface area contributed by atoms with Crippen LogP contribution >= 0.6 is 11.3 Å². The lowest BCUT2D eigenvalue weighted by Gasteiger charge is -2.14. The lowest BCUT2D eigenvalue weighted by molar-refractivity contribution is 0.325. The van der Waals surface area contributed by atoms with Crippen LogP contribution in [0.4, 0.5) is 4.39 Å². The molecule has 0 aliphatic carbocycles. The van der Waals surface area contributed by atoms with Crippen molar-refractivity contribution in [1.29, 1.82) is 0 Å². The SMILES string of the molecule is COc1ccc(-c2cnc(CNCCc3ccc(F)cc3)s2)c(OC)c1OC. The minimum atomic E-state index is -0.211. The Kier molecular flexibility index (Phi) is 6.84. The molecule has 1 heterocycles. The average molecular weight is 402 g/mol. The molecule has 0 aliphatic heterocycles. The predicted molar refractivity (Wildman–Crippen MR) is 109 cm³/mol. The minimum absolute atomic E-state index is 0.211. The van der Waals surface area contributed by atoms with Gasteiger partial charge < -0.3 is 19.5 Å². The Hall–Kier alpha value is -2.64. The van der Waals surface area contributed by atoms with E-state index in [1.54, 1.807) is 32.7 Å². The zero-order valence-electron chi connectivity index (χ0n) is 16.1. The molecular formula is C21H23FN2O3S. The molecule has 0 fully saturated rings. The zero-order valence-corrected chi connectivity index (χ0v) is 16.9. The fraction of sp³-hybridized carbons (Fsp3) is 0.286. The number of ether oxygens (including phenoxy) is 3. The van der Waals surface area contributed by atoms with Gasteiger partial charge in [-0.3, -0.25) is 0 Å². The molecule has 2 aromatic carbocycles. The molecule has 0 bridgehead atoms. The molecule has 0 spiro atoms. The first-order valence-electron chi connectivity index (χ1n) is 8.85. The Morgan fingerprint density at radius 3 is 2.39 bits per heavy atom. The lowest BCUT2D eigenvalue weighted by Crippen LogP contribution is -2.16. The number of benzene rings is 2. The zero-order chi connectivity index (χ0) is 19.9. The van der Waals surface area contributed by atoms with Gasteiger partial charge >= 0.3 is 0 Å². The summed E-state index contributed by atoms with van der Waals surface area (Å²) >= 11 is 1.60. The van der Waals surface area contributed by atoms with E-state index in [0.717, 1.165) is 34.0 Å². The van der Waals surface area contributed by atoms with E-state index in [0.29, 0.717) is 23.8 Å². The third-order valence-corrected chi connectivity index (χ3v) is 5.33. The van der Waals surface area contributed by atoms with Crippen molar-refractivity contribution in [3.63, 3.8) is 0 Å².